The van der Waals surface area contributed by atoms with Crippen molar-refractivity contribution < 1.29 is 31.5 Å². The topological polar surface area (TPSA) is 74.6 Å². The zero-order chi connectivity index (χ0) is 27.1. The van der Waals surface area contributed by atoms with E-state index in [-0.39, 0.29) is 50.1 Å². The van der Waals surface area contributed by atoms with Crippen LogP contribution in [0.5, 0.6) is 0 Å². The van der Waals surface area contributed by atoms with Crippen LogP contribution in [0.15, 0.2) is 18.2 Å². The number of piperazine rings is 1. The fourth-order valence-corrected chi connectivity index (χ4v) is 5.92. The molecule has 0 radical (unpaired) electrons. The number of carbonyl (C=O) groups is 2. The maximum atomic E-state index is 14.2. The molecule has 206 valence electrons. The number of nitrogens with zero attached hydrogens (tertiary/aromatic N) is 6. The van der Waals surface area contributed by atoms with Crippen LogP contribution in [0.4, 0.5) is 27.6 Å². The molecule has 0 N–H and O–H groups in total. The Bertz CT molecular complexity index is 1200. The Labute approximate surface area is 216 Å². The van der Waals surface area contributed by atoms with E-state index in [1.165, 1.54) is 17.0 Å². The van der Waals surface area contributed by atoms with Gasteiger partial charge in [-0.25, -0.2) is 8.78 Å². The van der Waals surface area contributed by atoms with Gasteiger partial charge in [-0.2, -0.15) is 13.2 Å². The molecule has 38 heavy (non-hydrogen) atoms. The molecule has 0 atom stereocenters. The van der Waals surface area contributed by atoms with Crippen LogP contribution in [0, 0.1) is 17.0 Å². The SMILES string of the molecule is O=C(CC1(CC(=O)N2CCn3c(nnc3C(F)(F)F)C2)CCCC1)N1CCN(c2ccc(F)cc2F)CC1. The molecule has 0 spiro atoms. The Balaban J connectivity index is 1.19. The Hall–Kier alpha value is -3.25. The highest BCUT2D eigenvalue weighted by Gasteiger charge is 2.43. The van der Waals surface area contributed by atoms with E-state index in [9.17, 15) is 31.5 Å². The number of hydrogen-bond acceptors (Lipinski definition) is 5. The first-order valence-corrected chi connectivity index (χ1v) is 12.8. The first-order chi connectivity index (χ1) is 18.0. The van der Waals surface area contributed by atoms with Crippen molar-refractivity contribution in [1.82, 2.24) is 24.6 Å². The Morgan fingerprint density at radius 3 is 2.13 bits per heavy atom. The van der Waals surface area contributed by atoms with Gasteiger partial charge in [-0.15, -0.1) is 10.2 Å². The number of rotatable bonds is 5. The van der Waals surface area contributed by atoms with E-state index >= 15 is 0 Å². The number of carbonyl (C=O) groups excluding carboxylic acids is 2. The van der Waals surface area contributed by atoms with Crippen molar-refractivity contribution in [2.75, 3.05) is 37.6 Å². The van der Waals surface area contributed by atoms with Gasteiger partial charge in [0.05, 0.1) is 12.2 Å². The molecule has 2 amide bonds. The molecule has 0 bridgehead atoms. The highest BCUT2D eigenvalue weighted by atomic mass is 19.4. The van der Waals surface area contributed by atoms with Gasteiger partial charge in [0, 0.05) is 58.2 Å². The summed E-state index contributed by atoms with van der Waals surface area (Å²) in [5.41, 5.74) is -0.188. The fourth-order valence-electron chi connectivity index (χ4n) is 5.92. The van der Waals surface area contributed by atoms with Gasteiger partial charge in [-0.05, 0) is 30.4 Å². The van der Waals surface area contributed by atoms with Crippen LogP contribution >= 0.6 is 0 Å². The van der Waals surface area contributed by atoms with Crippen LogP contribution in [-0.2, 0) is 28.9 Å². The van der Waals surface area contributed by atoms with Crippen molar-refractivity contribution in [2.24, 2.45) is 5.41 Å². The summed E-state index contributed by atoms with van der Waals surface area (Å²) in [6, 6.07) is 3.45. The molecule has 2 aliphatic heterocycles. The van der Waals surface area contributed by atoms with Crippen LogP contribution in [-0.4, -0.2) is 69.1 Å². The summed E-state index contributed by atoms with van der Waals surface area (Å²) in [6.45, 7) is 1.65. The molecule has 1 saturated carbocycles. The molecular formula is C25H29F5N6O2. The molecule has 2 aromatic rings. The maximum Gasteiger partial charge on any atom is 0.451 e. The summed E-state index contributed by atoms with van der Waals surface area (Å²) in [6.07, 6.45) is -0.972. The molecule has 1 aromatic heterocycles. The lowest BCUT2D eigenvalue weighted by molar-refractivity contribution is -0.148. The minimum Gasteiger partial charge on any atom is -0.366 e. The Morgan fingerprint density at radius 1 is 0.868 bits per heavy atom. The number of aromatic nitrogens is 3. The van der Waals surface area contributed by atoms with Gasteiger partial charge in [0.2, 0.25) is 17.6 Å². The molecular weight excluding hydrogens is 511 g/mol. The minimum atomic E-state index is -4.61. The van der Waals surface area contributed by atoms with Crippen molar-refractivity contribution in [3.05, 3.63) is 41.5 Å². The van der Waals surface area contributed by atoms with E-state index in [0.717, 1.165) is 36.3 Å². The van der Waals surface area contributed by atoms with Gasteiger partial charge in [0.25, 0.3) is 0 Å². The summed E-state index contributed by atoms with van der Waals surface area (Å²) in [7, 11) is 0. The molecule has 3 aliphatic rings. The fraction of sp³-hybridized carbons (Fsp3) is 0.600. The van der Waals surface area contributed by atoms with Gasteiger partial charge in [0.1, 0.15) is 11.6 Å². The second-order valence-electron chi connectivity index (χ2n) is 10.4. The van der Waals surface area contributed by atoms with E-state index in [4.69, 9.17) is 0 Å². The summed E-state index contributed by atoms with van der Waals surface area (Å²) < 4.78 is 67.8. The van der Waals surface area contributed by atoms with Gasteiger partial charge in [-0.3, -0.25) is 9.59 Å². The van der Waals surface area contributed by atoms with Crippen LogP contribution in [0.3, 0.4) is 0 Å². The number of anilines is 1. The number of fused-ring (bicyclic) bond motifs is 1. The summed E-state index contributed by atoms with van der Waals surface area (Å²) in [4.78, 5) is 31.5. The third-order valence-electron chi connectivity index (χ3n) is 7.96. The van der Waals surface area contributed by atoms with Crippen molar-refractivity contribution in [1.29, 1.82) is 0 Å². The van der Waals surface area contributed by atoms with E-state index in [0.29, 0.717) is 31.9 Å². The van der Waals surface area contributed by atoms with Crippen LogP contribution in [0.2, 0.25) is 0 Å². The van der Waals surface area contributed by atoms with Gasteiger partial charge >= 0.3 is 6.18 Å². The predicted molar refractivity (Wildman–Crippen MR) is 126 cm³/mol. The van der Waals surface area contributed by atoms with E-state index < -0.39 is 29.1 Å². The predicted octanol–water partition coefficient (Wildman–Crippen LogP) is 3.61. The molecule has 3 heterocycles. The monoisotopic (exact) mass is 540 g/mol. The normalized spacial score (nSPS) is 19.6. The zero-order valence-corrected chi connectivity index (χ0v) is 20.8. The largest absolute Gasteiger partial charge is 0.451 e. The Morgan fingerprint density at radius 2 is 1.50 bits per heavy atom. The number of hydrogen-bond donors (Lipinski definition) is 0. The van der Waals surface area contributed by atoms with Gasteiger partial charge in [-0.1, -0.05) is 12.8 Å². The lowest BCUT2D eigenvalue weighted by Gasteiger charge is -2.38. The third kappa shape index (κ3) is 5.32. The third-order valence-corrected chi connectivity index (χ3v) is 7.96. The number of alkyl halides is 3. The molecule has 2 fully saturated rings. The van der Waals surface area contributed by atoms with Crippen LogP contribution < -0.4 is 4.90 Å². The van der Waals surface area contributed by atoms with Crippen LogP contribution in [0.25, 0.3) is 0 Å². The first kappa shape index (κ1) is 26.4. The quantitative estimate of drug-likeness (QED) is 0.542. The number of halogens is 5. The van der Waals surface area contributed by atoms with Crippen molar-refractivity contribution in [2.45, 2.75) is 57.8 Å². The standard InChI is InChI=1S/C25H29F5N6O2/c26-17-3-4-19(18(27)13-17)33-7-9-34(10-8-33)21(37)14-24(5-1-2-6-24)15-22(38)35-11-12-36-20(16-35)31-32-23(36)25(28,29)30/h3-4,13H,1-2,5-12,14-16H2. The first-order valence-electron chi connectivity index (χ1n) is 12.8. The van der Waals surface area contributed by atoms with Crippen molar-refractivity contribution >= 4 is 17.5 Å². The van der Waals surface area contributed by atoms with Crippen molar-refractivity contribution in [3.8, 4) is 0 Å². The molecule has 1 aliphatic carbocycles. The molecule has 5 rings (SSSR count). The molecule has 1 saturated heterocycles. The van der Waals surface area contributed by atoms with E-state index in [1.54, 1.807) is 9.80 Å². The lowest BCUT2D eigenvalue weighted by atomic mass is 9.78. The number of benzene rings is 1. The van der Waals surface area contributed by atoms with Gasteiger partial charge in [0.15, 0.2) is 5.82 Å². The average Bonchev–Trinajstić information content (AvgIpc) is 3.51. The Kier molecular flexibility index (Phi) is 7.03. The smallest absolute Gasteiger partial charge is 0.366 e. The highest BCUT2D eigenvalue weighted by Crippen LogP contribution is 2.45. The lowest BCUT2D eigenvalue weighted by Crippen LogP contribution is -2.50. The second-order valence-corrected chi connectivity index (χ2v) is 10.4. The minimum absolute atomic E-state index is 0.0340. The molecule has 1 aromatic carbocycles. The summed E-state index contributed by atoms with van der Waals surface area (Å²) in [5.74, 6) is -2.50. The van der Waals surface area contributed by atoms with Crippen molar-refractivity contribution in [3.63, 3.8) is 0 Å². The van der Waals surface area contributed by atoms with E-state index in [2.05, 4.69) is 10.2 Å². The molecule has 13 heteroatoms. The van der Waals surface area contributed by atoms with E-state index in [1.807, 2.05) is 0 Å². The average molecular weight is 541 g/mol. The summed E-state index contributed by atoms with van der Waals surface area (Å²) in [5, 5.41) is 6.91. The maximum absolute atomic E-state index is 14.2. The van der Waals surface area contributed by atoms with Gasteiger partial charge < -0.3 is 19.3 Å². The number of amides is 2. The summed E-state index contributed by atoms with van der Waals surface area (Å²) >= 11 is 0. The molecule has 0 unspecified atom stereocenters. The van der Waals surface area contributed by atoms with Crippen LogP contribution in [0.1, 0.15) is 50.2 Å². The molecule has 8 nitrogen and oxygen atoms in total. The zero-order valence-electron chi connectivity index (χ0n) is 20.8. The highest BCUT2D eigenvalue weighted by molar-refractivity contribution is 5.81. The second kappa shape index (κ2) is 10.1.